The number of aryl methyl sites for hydroxylation is 2. The molecule has 0 amide bonds. The molecule has 0 heterocycles. The third-order valence-corrected chi connectivity index (χ3v) is 7.15. The van der Waals surface area contributed by atoms with E-state index in [4.69, 9.17) is 0 Å². The van der Waals surface area contributed by atoms with Gasteiger partial charge >= 0.3 is 24.7 Å². The minimum absolute atomic E-state index is 0.0472. The highest BCUT2D eigenvalue weighted by Crippen LogP contribution is 2.43. The van der Waals surface area contributed by atoms with Gasteiger partial charge in [-0.2, -0.15) is 52.7 Å². The van der Waals surface area contributed by atoms with Crippen molar-refractivity contribution in [3.05, 3.63) is 88.0 Å². The van der Waals surface area contributed by atoms with E-state index in [9.17, 15) is 52.7 Å². The summed E-state index contributed by atoms with van der Waals surface area (Å²) in [5.41, 5.74) is -6.11. The molecular weight excluding hydrogens is 548 g/mol. The molecule has 0 nitrogen and oxygen atoms in total. The lowest BCUT2D eigenvalue weighted by Crippen LogP contribution is -2.16. The Hall–Kier alpha value is -2.83. The fraction of sp³-hybridized carbons (Fsp3) is 0.250. The first-order valence-electron chi connectivity index (χ1n) is 10.1. The predicted octanol–water partition coefficient (Wildman–Crippen LogP) is 9.47. The summed E-state index contributed by atoms with van der Waals surface area (Å²) in [7, 11) is -2.22. The van der Waals surface area contributed by atoms with Gasteiger partial charge in [0.25, 0.3) is 0 Å². The standard InChI is InChI=1S/C24H15F12S/c1-12-3-14(21(25,26)27)8-18(5-12)37(19-6-13(2)4-15(9-19)22(28,29)30)20-10-16(23(31,32)33)7-17(11-20)24(34,35)36/h3-11H,1-2H3/q+1. The molecular formula is C24H15F12S+. The third-order valence-electron chi connectivity index (χ3n) is 5.02. The van der Waals surface area contributed by atoms with E-state index in [1.54, 1.807) is 0 Å². The first-order valence-corrected chi connectivity index (χ1v) is 11.3. The number of alkyl halides is 12. The minimum atomic E-state index is -5.28. The van der Waals surface area contributed by atoms with Crippen molar-refractivity contribution in [1.29, 1.82) is 0 Å². The molecule has 0 atom stereocenters. The monoisotopic (exact) mass is 563 g/mol. The minimum Gasteiger partial charge on any atom is -0.166 e. The van der Waals surface area contributed by atoms with Gasteiger partial charge in [0.05, 0.1) is 33.1 Å². The predicted molar refractivity (Wildman–Crippen MR) is 111 cm³/mol. The van der Waals surface area contributed by atoms with Gasteiger partial charge in [0.1, 0.15) is 0 Å². The number of benzene rings is 3. The quantitative estimate of drug-likeness (QED) is 0.220. The Morgan fingerprint density at radius 1 is 0.378 bits per heavy atom. The zero-order valence-electron chi connectivity index (χ0n) is 18.6. The van der Waals surface area contributed by atoms with E-state index < -0.39 is 72.5 Å². The molecule has 0 aromatic heterocycles. The second-order valence-electron chi connectivity index (χ2n) is 8.11. The number of hydrogen-bond donors (Lipinski definition) is 0. The van der Waals surface area contributed by atoms with Crippen molar-refractivity contribution in [2.75, 3.05) is 0 Å². The largest absolute Gasteiger partial charge is 0.416 e. The van der Waals surface area contributed by atoms with E-state index in [2.05, 4.69) is 0 Å². The lowest BCUT2D eigenvalue weighted by Gasteiger charge is -2.17. The molecule has 13 heteroatoms. The number of rotatable bonds is 3. The summed E-state index contributed by atoms with van der Waals surface area (Å²) in [6, 6.07) is 5.06. The van der Waals surface area contributed by atoms with E-state index in [0.717, 1.165) is 12.1 Å². The smallest absolute Gasteiger partial charge is 0.166 e. The van der Waals surface area contributed by atoms with Crippen LogP contribution in [-0.2, 0) is 35.6 Å². The summed E-state index contributed by atoms with van der Waals surface area (Å²) >= 11 is 0. The number of halogens is 12. The van der Waals surface area contributed by atoms with Crippen LogP contribution in [0.2, 0.25) is 0 Å². The van der Waals surface area contributed by atoms with Gasteiger partial charge in [-0.3, -0.25) is 0 Å². The molecule has 3 aromatic rings. The highest BCUT2D eigenvalue weighted by Gasteiger charge is 2.42. The molecule has 0 aliphatic carbocycles. The van der Waals surface area contributed by atoms with Gasteiger partial charge in [0, 0.05) is 24.3 Å². The van der Waals surface area contributed by atoms with Gasteiger partial charge in [0.15, 0.2) is 14.7 Å². The molecule has 0 N–H and O–H groups in total. The molecule has 37 heavy (non-hydrogen) atoms. The Morgan fingerprint density at radius 3 is 0.892 bits per heavy atom. The van der Waals surface area contributed by atoms with Crippen molar-refractivity contribution in [1.82, 2.24) is 0 Å². The van der Waals surface area contributed by atoms with Crippen molar-refractivity contribution >= 4 is 10.9 Å². The molecule has 0 aliphatic heterocycles. The summed E-state index contributed by atoms with van der Waals surface area (Å²) in [4.78, 5) is -1.56. The highest BCUT2D eigenvalue weighted by molar-refractivity contribution is 7.97. The van der Waals surface area contributed by atoms with E-state index in [1.165, 1.54) is 13.8 Å². The Labute approximate surface area is 205 Å². The molecule has 0 aliphatic rings. The van der Waals surface area contributed by atoms with Crippen LogP contribution in [0.25, 0.3) is 0 Å². The van der Waals surface area contributed by atoms with Crippen LogP contribution in [0.5, 0.6) is 0 Å². The van der Waals surface area contributed by atoms with Crippen molar-refractivity contribution in [3.8, 4) is 0 Å². The van der Waals surface area contributed by atoms with Crippen molar-refractivity contribution in [3.63, 3.8) is 0 Å². The van der Waals surface area contributed by atoms with Crippen LogP contribution in [-0.4, -0.2) is 0 Å². The van der Waals surface area contributed by atoms with Crippen LogP contribution >= 0.6 is 0 Å². The molecule has 200 valence electrons. The summed E-state index contributed by atoms with van der Waals surface area (Å²) < 4.78 is 162. The fourth-order valence-electron chi connectivity index (χ4n) is 3.51. The van der Waals surface area contributed by atoms with E-state index in [-0.39, 0.29) is 17.2 Å². The molecule has 0 bridgehead atoms. The average Bonchev–Trinajstić information content (AvgIpc) is 2.70. The topological polar surface area (TPSA) is 0 Å². The molecule has 0 unspecified atom stereocenters. The lowest BCUT2D eigenvalue weighted by molar-refractivity contribution is -0.143. The molecule has 0 fully saturated rings. The second-order valence-corrected chi connectivity index (χ2v) is 10.1. The second kappa shape index (κ2) is 9.48. The van der Waals surface area contributed by atoms with Gasteiger partial charge in [-0.15, -0.1) is 0 Å². The Morgan fingerprint density at radius 2 is 0.622 bits per heavy atom. The van der Waals surface area contributed by atoms with Gasteiger partial charge in [-0.05, 0) is 55.3 Å². The Kier molecular flexibility index (Phi) is 7.36. The van der Waals surface area contributed by atoms with Crippen LogP contribution in [0.4, 0.5) is 52.7 Å². The Bertz CT molecular complexity index is 1200. The van der Waals surface area contributed by atoms with Gasteiger partial charge in [0.2, 0.25) is 0 Å². The number of hydrogen-bond acceptors (Lipinski definition) is 0. The van der Waals surface area contributed by atoms with Crippen LogP contribution in [0.3, 0.4) is 0 Å². The molecule has 0 saturated carbocycles. The molecule has 3 aromatic carbocycles. The first-order chi connectivity index (χ1) is 16.7. The van der Waals surface area contributed by atoms with Crippen LogP contribution < -0.4 is 0 Å². The SMILES string of the molecule is Cc1cc([S+](c2cc(C)cc(C(F)(F)F)c2)c2cc(C(F)(F)F)cc(C(F)(F)F)c2)cc(C(F)(F)F)c1. The van der Waals surface area contributed by atoms with Crippen molar-refractivity contribution < 1.29 is 52.7 Å². The fourth-order valence-corrected chi connectivity index (χ4v) is 5.91. The maximum atomic E-state index is 13.5. The van der Waals surface area contributed by atoms with Crippen LogP contribution in [0.1, 0.15) is 33.4 Å². The third kappa shape index (κ3) is 6.74. The highest BCUT2D eigenvalue weighted by atomic mass is 32.2. The summed E-state index contributed by atoms with van der Waals surface area (Å²) in [5, 5.41) is 0. The molecule has 3 rings (SSSR count). The zero-order chi connectivity index (χ0) is 28.1. The molecule has 0 spiro atoms. The van der Waals surface area contributed by atoms with Gasteiger partial charge in [-0.1, -0.05) is 0 Å². The van der Waals surface area contributed by atoms with Crippen molar-refractivity contribution in [2.24, 2.45) is 0 Å². The maximum absolute atomic E-state index is 13.5. The zero-order valence-corrected chi connectivity index (χ0v) is 19.5. The van der Waals surface area contributed by atoms with Crippen molar-refractivity contribution in [2.45, 2.75) is 53.2 Å². The van der Waals surface area contributed by atoms with E-state index in [1.807, 2.05) is 0 Å². The Balaban J connectivity index is 2.45. The maximum Gasteiger partial charge on any atom is 0.416 e. The van der Waals surface area contributed by atoms with E-state index >= 15 is 0 Å². The molecule has 0 radical (unpaired) electrons. The average molecular weight is 563 g/mol. The lowest BCUT2D eigenvalue weighted by atomic mass is 10.1. The van der Waals surface area contributed by atoms with Gasteiger partial charge in [-0.25, -0.2) is 0 Å². The van der Waals surface area contributed by atoms with E-state index in [0.29, 0.717) is 36.4 Å². The van der Waals surface area contributed by atoms with Gasteiger partial charge < -0.3 is 0 Å². The normalized spacial score (nSPS) is 13.4. The van der Waals surface area contributed by atoms with Crippen LogP contribution in [0, 0.1) is 13.8 Å². The molecule has 0 saturated heterocycles. The van der Waals surface area contributed by atoms with Crippen LogP contribution in [0.15, 0.2) is 69.3 Å². The summed E-state index contributed by atoms with van der Waals surface area (Å²) in [5.74, 6) is 0. The first kappa shape index (κ1) is 28.7. The summed E-state index contributed by atoms with van der Waals surface area (Å²) in [6.07, 6.45) is -20.4. The summed E-state index contributed by atoms with van der Waals surface area (Å²) in [6.45, 7) is 2.43.